The normalized spacial score (nSPS) is 13.1. The van der Waals surface area contributed by atoms with Crippen LogP contribution in [0.25, 0.3) is 0 Å². The van der Waals surface area contributed by atoms with E-state index in [0.717, 1.165) is 13.1 Å². The highest BCUT2D eigenvalue weighted by molar-refractivity contribution is 6.18. The van der Waals surface area contributed by atoms with E-state index in [1.807, 2.05) is 6.07 Å². The molecule has 0 amide bonds. The minimum Gasteiger partial charge on any atom is -0.296 e. The first kappa shape index (κ1) is 11.5. The van der Waals surface area contributed by atoms with Crippen molar-refractivity contribution >= 4 is 11.6 Å². The highest BCUT2D eigenvalue weighted by Gasteiger charge is 2.10. The Labute approximate surface area is 91.7 Å². The number of rotatable bonds is 5. The van der Waals surface area contributed by atoms with Crippen LogP contribution in [0.2, 0.25) is 0 Å². The largest absolute Gasteiger partial charge is 0.296 e. The second-order valence-corrected chi connectivity index (χ2v) is 3.86. The average molecular weight is 212 g/mol. The number of hydrogen-bond donors (Lipinski definition) is 0. The van der Waals surface area contributed by atoms with Crippen LogP contribution in [0.5, 0.6) is 0 Å². The zero-order valence-electron chi connectivity index (χ0n) is 8.91. The fourth-order valence-corrected chi connectivity index (χ4v) is 1.69. The molecule has 1 aromatic rings. The Balaban J connectivity index is 2.57. The highest BCUT2D eigenvalue weighted by atomic mass is 35.5. The predicted molar refractivity (Wildman–Crippen MR) is 62.7 cm³/mol. The molecule has 0 unspecified atom stereocenters. The van der Waals surface area contributed by atoms with Crippen LogP contribution < -0.4 is 0 Å². The van der Waals surface area contributed by atoms with Crippen LogP contribution in [-0.2, 0) is 6.54 Å². The minimum absolute atomic E-state index is 0.446. The van der Waals surface area contributed by atoms with E-state index in [1.165, 1.54) is 5.56 Å². The molecular weight excluding hydrogens is 194 g/mol. The molecule has 0 saturated heterocycles. The molecule has 0 bridgehead atoms. The monoisotopic (exact) mass is 211 g/mol. The molecule has 0 aliphatic rings. The number of nitrogens with zero attached hydrogens (tertiary/aromatic N) is 1. The first-order valence-electron chi connectivity index (χ1n) is 5.11. The second-order valence-electron chi connectivity index (χ2n) is 3.55. The molecule has 0 aliphatic heterocycles. The van der Waals surface area contributed by atoms with E-state index in [-0.39, 0.29) is 0 Å². The van der Waals surface area contributed by atoms with E-state index in [1.54, 1.807) is 0 Å². The van der Waals surface area contributed by atoms with E-state index in [4.69, 9.17) is 11.6 Å². The fraction of sp³-hybridized carbons (Fsp3) is 0.500. The highest BCUT2D eigenvalue weighted by Crippen LogP contribution is 2.08. The van der Waals surface area contributed by atoms with Crippen molar-refractivity contribution in [2.45, 2.75) is 26.4 Å². The van der Waals surface area contributed by atoms with Crippen LogP contribution in [0.1, 0.15) is 19.4 Å². The first-order chi connectivity index (χ1) is 6.77. The third-order valence-corrected chi connectivity index (χ3v) is 2.93. The second kappa shape index (κ2) is 6.05. The Morgan fingerprint density at radius 2 is 1.93 bits per heavy atom. The molecule has 1 nitrogen and oxygen atoms in total. The molecule has 78 valence electrons. The lowest BCUT2D eigenvalue weighted by atomic mass is 10.2. The predicted octanol–water partition coefficient (Wildman–Crippen LogP) is 3.14. The van der Waals surface area contributed by atoms with Crippen molar-refractivity contribution in [2.75, 3.05) is 12.4 Å². The number of alkyl halides is 1. The molecule has 14 heavy (non-hydrogen) atoms. The van der Waals surface area contributed by atoms with E-state index in [0.29, 0.717) is 11.9 Å². The average Bonchev–Trinajstić information content (AvgIpc) is 2.26. The molecule has 0 heterocycles. The van der Waals surface area contributed by atoms with Gasteiger partial charge < -0.3 is 0 Å². The lowest BCUT2D eigenvalue weighted by Gasteiger charge is -2.26. The van der Waals surface area contributed by atoms with Crippen molar-refractivity contribution in [2.24, 2.45) is 0 Å². The first-order valence-corrected chi connectivity index (χ1v) is 5.65. The summed E-state index contributed by atoms with van der Waals surface area (Å²) >= 11 is 5.85. The molecule has 0 N–H and O–H groups in total. The molecule has 0 spiro atoms. The Morgan fingerprint density at radius 3 is 2.43 bits per heavy atom. The van der Waals surface area contributed by atoms with Gasteiger partial charge in [0.05, 0.1) is 0 Å². The lowest BCUT2D eigenvalue weighted by Crippen LogP contribution is -2.33. The maximum atomic E-state index is 5.85. The molecular formula is C12H18ClN. The van der Waals surface area contributed by atoms with Gasteiger partial charge in [-0.25, -0.2) is 0 Å². The van der Waals surface area contributed by atoms with Gasteiger partial charge in [-0.05, 0) is 19.0 Å². The van der Waals surface area contributed by atoms with Gasteiger partial charge in [-0.2, -0.15) is 0 Å². The van der Waals surface area contributed by atoms with Gasteiger partial charge in [-0.3, -0.25) is 4.90 Å². The Hall–Kier alpha value is -0.530. The van der Waals surface area contributed by atoms with E-state index in [2.05, 4.69) is 43.0 Å². The number of halogens is 1. The fourth-order valence-electron chi connectivity index (χ4n) is 1.49. The van der Waals surface area contributed by atoms with E-state index >= 15 is 0 Å². The third kappa shape index (κ3) is 3.32. The smallest absolute Gasteiger partial charge is 0.0377 e. The maximum Gasteiger partial charge on any atom is 0.0377 e. The van der Waals surface area contributed by atoms with Crippen LogP contribution in [-0.4, -0.2) is 23.4 Å². The maximum absolute atomic E-state index is 5.85. The van der Waals surface area contributed by atoms with Gasteiger partial charge in [0.25, 0.3) is 0 Å². The Bertz CT molecular complexity index is 248. The van der Waals surface area contributed by atoms with Crippen LogP contribution >= 0.6 is 11.6 Å². The summed E-state index contributed by atoms with van der Waals surface area (Å²) in [5.74, 6) is 0.695. The van der Waals surface area contributed by atoms with Crippen LogP contribution in [0.3, 0.4) is 0 Å². The van der Waals surface area contributed by atoms with Crippen LogP contribution in [0, 0.1) is 0 Å². The van der Waals surface area contributed by atoms with Gasteiger partial charge >= 0.3 is 0 Å². The molecule has 2 heteroatoms. The summed E-state index contributed by atoms with van der Waals surface area (Å²) in [7, 11) is 0. The Kier molecular flexibility index (Phi) is 4.99. The summed E-state index contributed by atoms with van der Waals surface area (Å²) in [6, 6.07) is 11.0. The molecule has 1 atom stereocenters. The molecule has 0 aromatic heterocycles. The van der Waals surface area contributed by atoms with Gasteiger partial charge in [-0.15, -0.1) is 11.6 Å². The molecule has 1 aromatic carbocycles. The van der Waals surface area contributed by atoms with Crippen LogP contribution in [0.4, 0.5) is 0 Å². The lowest BCUT2D eigenvalue weighted by molar-refractivity contribution is 0.227. The van der Waals surface area contributed by atoms with Crippen molar-refractivity contribution in [3.05, 3.63) is 35.9 Å². The van der Waals surface area contributed by atoms with Crippen LogP contribution in [0.15, 0.2) is 30.3 Å². The van der Waals surface area contributed by atoms with Crippen molar-refractivity contribution in [3.63, 3.8) is 0 Å². The summed E-state index contributed by atoms with van der Waals surface area (Å²) < 4.78 is 0. The Morgan fingerprint density at radius 1 is 1.29 bits per heavy atom. The third-order valence-electron chi connectivity index (χ3n) is 2.48. The number of hydrogen-bond acceptors (Lipinski definition) is 1. The molecule has 1 rings (SSSR count). The molecule has 0 fully saturated rings. The summed E-state index contributed by atoms with van der Waals surface area (Å²) in [6.45, 7) is 6.37. The van der Waals surface area contributed by atoms with Crippen molar-refractivity contribution in [1.82, 2.24) is 4.90 Å². The number of benzene rings is 1. The van der Waals surface area contributed by atoms with Gasteiger partial charge in [0.15, 0.2) is 0 Å². The molecule has 0 aliphatic carbocycles. The summed E-state index contributed by atoms with van der Waals surface area (Å²) in [5.41, 5.74) is 1.35. The van der Waals surface area contributed by atoms with Gasteiger partial charge in [0.2, 0.25) is 0 Å². The topological polar surface area (TPSA) is 3.24 Å². The minimum atomic E-state index is 0.446. The van der Waals surface area contributed by atoms with E-state index < -0.39 is 0 Å². The van der Waals surface area contributed by atoms with Gasteiger partial charge in [0, 0.05) is 18.5 Å². The van der Waals surface area contributed by atoms with Crippen molar-refractivity contribution in [1.29, 1.82) is 0 Å². The SMILES string of the molecule is CCN(Cc1ccccc1)[C@@H](C)CCl. The van der Waals surface area contributed by atoms with Gasteiger partial charge in [0.1, 0.15) is 0 Å². The van der Waals surface area contributed by atoms with E-state index in [9.17, 15) is 0 Å². The van der Waals surface area contributed by atoms with Crippen molar-refractivity contribution in [3.8, 4) is 0 Å². The van der Waals surface area contributed by atoms with Gasteiger partial charge in [-0.1, -0.05) is 37.3 Å². The standard InChI is InChI=1S/C12H18ClN/c1-3-14(11(2)9-13)10-12-7-5-4-6-8-12/h4-8,11H,3,9-10H2,1-2H3/t11-/m0/s1. The zero-order valence-corrected chi connectivity index (χ0v) is 9.67. The molecule has 0 radical (unpaired) electrons. The van der Waals surface area contributed by atoms with Crippen molar-refractivity contribution < 1.29 is 0 Å². The summed E-state index contributed by atoms with van der Waals surface area (Å²) in [6.07, 6.45) is 0. The summed E-state index contributed by atoms with van der Waals surface area (Å²) in [4.78, 5) is 2.38. The summed E-state index contributed by atoms with van der Waals surface area (Å²) in [5, 5.41) is 0. The zero-order chi connectivity index (χ0) is 10.4. The molecule has 0 saturated carbocycles. The quantitative estimate of drug-likeness (QED) is 0.677.